The molecule has 2 aromatic rings. The number of amides is 1. The molecule has 1 heterocycles. The number of hydrogen-bond acceptors (Lipinski definition) is 5. The minimum atomic E-state index is -4.39. The maximum Gasteiger partial charge on any atom is 0.422 e. The van der Waals surface area contributed by atoms with Crippen molar-refractivity contribution in [1.29, 1.82) is 0 Å². The molecule has 0 radical (unpaired) electrons. The van der Waals surface area contributed by atoms with Crippen LogP contribution >= 0.6 is 11.3 Å². The lowest BCUT2D eigenvalue weighted by molar-refractivity contribution is -0.153. The molecule has 0 fully saturated rings. The number of halogens is 3. The van der Waals surface area contributed by atoms with E-state index in [1.165, 1.54) is 31.4 Å². The van der Waals surface area contributed by atoms with Crippen LogP contribution in [0.1, 0.15) is 24.9 Å². The van der Waals surface area contributed by atoms with Crippen LogP contribution in [0.3, 0.4) is 0 Å². The van der Waals surface area contributed by atoms with E-state index in [0.29, 0.717) is 15.3 Å². The SMILES string of the molecule is COC(=O)c1ccc(C(=O)NCc2ccc(OCC(F)(F)F)cc2)s1. The highest BCUT2D eigenvalue weighted by Crippen LogP contribution is 2.19. The van der Waals surface area contributed by atoms with Crippen LogP contribution in [0.4, 0.5) is 13.2 Å². The van der Waals surface area contributed by atoms with E-state index in [-0.39, 0.29) is 18.2 Å². The Morgan fingerprint density at radius 3 is 2.32 bits per heavy atom. The van der Waals surface area contributed by atoms with Crippen LogP contribution in [0.2, 0.25) is 0 Å². The molecule has 1 amide bonds. The lowest BCUT2D eigenvalue weighted by Gasteiger charge is -2.10. The van der Waals surface area contributed by atoms with Crippen LogP contribution in [-0.2, 0) is 11.3 Å². The van der Waals surface area contributed by atoms with Crippen molar-refractivity contribution >= 4 is 23.2 Å². The van der Waals surface area contributed by atoms with Crippen molar-refractivity contribution in [3.05, 3.63) is 51.7 Å². The van der Waals surface area contributed by atoms with Gasteiger partial charge in [-0.3, -0.25) is 4.79 Å². The summed E-state index contributed by atoms with van der Waals surface area (Å²) in [5, 5.41) is 2.66. The zero-order valence-electron chi connectivity index (χ0n) is 13.1. The van der Waals surface area contributed by atoms with Gasteiger partial charge >= 0.3 is 12.1 Å². The van der Waals surface area contributed by atoms with Crippen LogP contribution < -0.4 is 10.1 Å². The second-order valence-electron chi connectivity index (χ2n) is 4.89. The van der Waals surface area contributed by atoms with E-state index in [1.54, 1.807) is 12.1 Å². The first-order valence-electron chi connectivity index (χ1n) is 7.03. The standard InChI is InChI=1S/C16H14F3NO4S/c1-23-15(22)13-7-6-12(25-13)14(21)20-8-10-2-4-11(5-3-10)24-9-16(17,18)19/h2-7H,8-9H2,1H3,(H,20,21). The Labute approximate surface area is 145 Å². The van der Waals surface area contributed by atoms with Gasteiger partial charge in [-0.05, 0) is 29.8 Å². The summed E-state index contributed by atoms with van der Waals surface area (Å²) in [7, 11) is 1.25. The van der Waals surface area contributed by atoms with Gasteiger partial charge in [0.2, 0.25) is 0 Å². The molecule has 1 aromatic heterocycles. The van der Waals surface area contributed by atoms with Crippen molar-refractivity contribution in [2.75, 3.05) is 13.7 Å². The predicted molar refractivity (Wildman–Crippen MR) is 84.8 cm³/mol. The lowest BCUT2D eigenvalue weighted by Crippen LogP contribution is -2.21. The summed E-state index contributed by atoms with van der Waals surface area (Å²) >= 11 is 1.01. The zero-order valence-corrected chi connectivity index (χ0v) is 13.9. The number of benzene rings is 1. The third-order valence-corrected chi connectivity index (χ3v) is 4.06. The molecule has 1 aromatic carbocycles. The smallest absolute Gasteiger partial charge is 0.422 e. The first-order chi connectivity index (χ1) is 11.8. The molecule has 0 saturated carbocycles. The van der Waals surface area contributed by atoms with Crippen molar-refractivity contribution in [2.45, 2.75) is 12.7 Å². The molecule has 25 heavy (non-hydrogen) atoms. The number of carbonyl (C=O) groups excluding carboxylic acids is 2. The second kappa shape index (κ2) is 8.02. The number of carbonyl (C=O) groups is 2. The average Bonchev–Trinajstić information content (AvgIpc) is 3.07. The van der Waals surface area contributed by atoms with Gasteiger partial charge in [-0.15, -0.1) is 11.3 Å². The summed E-state index contributed by atoms with van der Waals surface area (Å²) in [6, 6.07) is 8.92. The van der Waals surface area contributed by atoms with Crippen molar-refractivity contribution in [3.63, 3.8) is 0 Å². The molecule has 5 nitrogen and oxygen atoms in total. The van der Waals surface area contributed by atoms with E-state index >= 15 is 0 Å². The third-order valence-electron chi connectivity index (χ3n) is 3.00. The average molecular weight is 373 g/mol. The fourth-order valence-electron chi connectivity index (χ4n) is 1.81. The largest absolute Gasteiger partial charge is 0.484 e. The highest BCUT2D eigenvalue weighted by atomic mass is 32.1. The summed E-state index contributed by atoms with van der Waals surface area (Å²) in [6.07, 6.45) is -4.39. The van der Waals surface area contributed by atoms with E-state index in [1.807, 2.05) is 0 Å². The van der Waals surface area contributed by atoms with Gasteiger partial charge in [0.15, 0.2) is 6.61 Å². The quantitative estimate of drug-likeness (QED) is 0.789. The maximum atomic E-state index is 12.1. The normalized spacial score (nSPS) is 11.0. The molecular weight excluding hydrogens is 359 g/mol. The Hall–Kier alpha value is -2.55. The Kier molecular flexibility index (Phi) is 6.02. The second-order valence-corrected chi connectivity index (χ2v) is 5.97. The van der Waals surface area contributed by atoms with E-state index in [4.69, 9.17) is 0 Å². The summed E-state index contributed by atoms with van der Waals surface area (Å²) in [4.78, 5) is 24.0. The highest BCUT2D eigenvalue weighted by molar-refractivity contribution is 7.15. The fourth-order valence-corrected chi connectivity index (χ4v) is 2.65. The third kappa shape index (κ3) is 5.79. The fraction of sp³-hybridized carbons (Fsp3) is 0.250. The zero-order chi connectivity index (χ0) is 18.4. The first kappa shape index (κ1) is 18.8. The van der Waals surface area contributed by atoms with E-state index in [9.17, 15) is 22.8 Å². The lowest BCUT2D eigenvalue weighted by atomic mass is 10.2. The minimum absolute atomic E-state index is 0.0911. The molecule has 9 heteroatoms. The number of rotatable bonds is 6. The van der Waals surface area contributed by atoms with E-state index < -0.39 is 18.8 Å². The monoisotopic (exact) mass is 373 g/mol. The summed E-state index contributed by atoms with van der Waals surface area (Å²) in [5.41, 5.74) is 0.692. The van der Waals surface area contributed by atoms with Gasteiger partial charge in [-0.1, -0.05) is 12.1 Å². The number of ether oxygens (including phenoxy) is 2. The summed E-state index contributed by atoms with van der Waals surface area (Å²) < 4.78 is 45.4. The Morgan fingerprint density at radius 2 is 1.72 bits per heavy atom. The summed E-state index contributed by atoms with van der Waals surface area (Å²) in [5.74, 6) is -0.788. The minimum Gasteiger partial charge on any atom is -0.484 e. The van der Waals surface area contributed by atoms with Gasteiger partial charge in [0.1, 0.15) is 10.6 Å². The maximum absolute atomic E-state index is 12.1. The predicted octanol–water partition coefficient (Wildman–Crippen LogP) is 3.41. The number of esters is 1. The van der Waals surface area contributed by atoms with E-state index in [2.05, 4.69) is 14.8 Å². The van der Waals surface area contributed by atoms with Crippen molar-refractivity contribution in [2.24, 2.45) is 0 Å². The van der Waals surface area contributed by atoms with Gasteiger partial charge in [-0.2, -0.15) is 13.2 Å². The number of hydrogen-bond donors (Lipinski definition) is 1. The van der Waals surface area contributed by atoms with Crippen LogP contribution in [0.5, 0.6) is 5.75 Å². The first-order valence-corrected chi connectivity index (χ1v) is 7.85. The Bertz CT molecular complexity index is 741. The molecule has 0 aliphatic heterocycles. The van der Waals surface area contributed by atoms with Crippen LogP contribution in [0.25, 0.3) is 0 Å². The Balaban J connectivity index is 1.87. The van der Waals surface area contributed by atoms with Gasteiger partial charge in [0.25, 0.3) is 5.91 Å². The number of nitrogens with one attached hydrogen (secondary N) is 1. The Morgan fingerprint density at radius 1 is 1.08 bits per heavy atom. The van der Waals surface area contributed by atoms with Gasteiger partial charge in [0.05, 0.1) is 12.0 Å². The summed E-state index contributed by atoms with van der Waals surface area (Å²) in [6.45, 7) is -1.17. The van der Waals surface area contributed by atoms with Crippen LogP contribution in [-0.4, -0.2) is 31.8 Å². The molecule has 0 bridgehead atoms. The van der Waals surface area contributed by atoms with Gasteiger partial charge in [0, 0.05) is 6.54 Å². The van der Waals surface area contributed by atoms with Crippen molar-refractivity contribution in [1.82, 2.24) is 5.32 Å². The molecule has 0 unspecified atom stereocenters. The highest BCUT2D eigenvalue weighted by Gasteiger charge is 2.28. The number of alkyl halides is 3. The molecule has 1 N–H and O–H groups in total. The van der Waals surface area contributed by atoms with Crippen LogP contribution in [0, 0.1) is 0 Å². The molecule has 134 valence electrons. The number of thiophene rings is 1. The molecule has 2 rings (SSSR count). The van der Waals surface area contributed by atoms with E-state index in [0.717, 1.165) is 11.3 Å². The van der Waals surface area contributed by atoms with Gasteiger partial charge < -0.3 is 14.8 Å². The molecule has 0 spiro atoms. The van der Waals surface area contributed by atoms with Gasteiger partial charge in [-0.25, -0.2) is 4.79 Å². The topological polar surface area (TPSA) is 64.6 Å². The van der Waals surface area contributed by atoms with Crippen molar-refractivity contribution in [3.8, 4) is 5.75 Å². The molecule has 0 aliphatic carbocycles. The van der Waals surface area contributed by atoms with Crippen molar-refractivity contribution < 1.29 is 32.2 Å². The molecule has 0 atom stereocenters. The molecular formula is C16H14F3NO4S. The molecule has 0 aliphatic rings. The molecule has 0 saturated heterocycles. The van der Waals surface area contributed by atoms with Crippen LogP contribution in [0.15, 0.2) is 36.4 Å². The number of methoxy groups -OCH3 is 1.